The molecule has 5 nitrogen and oxygen atoms in total. The van der Waals surface area contributed by atoms with Gasteiger partial charge in [0.2, 0.25) is 0 Å². The van der Waals surface area contributed by atoms with Crippen molar-refractivity contribution in [1.82, 2.24) is 9.63 Å². The summed E-state index contributed by atoms with van der Waals surface area (Å²) in [4.78, 5) is 31.0. The van der Waals surface area contributed by atoms with Gasteiger partial charge in [-0.05, 0) is 52.6 Å². The number of aromatic nitrogens is 1. The summed E-state index contributed by atoms with van der Waals surface area (Å²) in [7, 11) is 3.05. The van der Waals surface area contributed by atoms with Crippen LogP contribution in [0.5, 0.6) is 0 Å². The molecule has 1 atom stereocenters. The minimum absolute atomic E-state index is 0.0995. The fourth-order valence-electron chi connectivity index (χ4n) is 4.43. The van der Waals surface area contributed by atoms with Crippen LogP contribution in [0.3, 0.4) is 0 Å². The lowest BCUT2D eigenvalue weighted by molar-refractivity contribution is -0.171. The summed E-state index contributed by atoms with van der Waals surface area (Å²) < 4.78 is 1.70. The zero-order valence-corrected chi connectivity index (χ0v) is 17.9. The van der Waals surface area contributed by atoms with Crippen molar-refractivity contribution in [2.24, 2.45) is 0 Å². The maximum absolute atomic E-state index is 13.1. The van der Waals surface area contributed by atoms with Crippen LogP contribution in [0.15, 0.2) is 58.4 Å². The Balaban J connectivity index is 1.60. The van der Waals surface area contributed by atoms with Crippen molar-refractivity contribution in [3.63, 3.8) is 0 Å². The van der Waals surface area contributed by atoms with Crippen molar-refractivity contribution >= 4 is 28.4 Å². The molecule has 1 amide bonds. The van der Waals surface area contributed by atoms with Gasteiger partial charge in [0.1, 0.15) is 6.04 Å². The summed E-state index contributed by atoms with van der Waals surface area (Å²) in [6.45, 7) is 0. The average Bonchev–Trinajstić information content (AvgIpc) is 3.50. The van der Waals surface area contributed by atoms with E-state index in [1.807, 2.05) is 6.07 Å². The highest BCUT2D eigenvalue weighted by Gasteiger charge is 2.38. The number of pyridine rings is 1. The van der Waals surface area contributed by atoms with Crippen LogP contribution in [-0.4, -0.2) is 35.4 Å². The number of fused-ring (bicyclic) bond motifs is 2. The van der Waals surface area contributed by atoms with Crippen LogP contribution in [0.1, 0.15) is 41.5 Å². The first-order chi connectivity index (χ1) is 14.6. The van der Waals surface area contributed by atoms with Gasteiger partial charge >= 0.3 is 0 Å². The van der Waals surface area contributed by atoms with Gasteiger partial charge in [0, 0.05) is 18.9 Å². The highest BCUT2D eigenvalue weighted by Crippen LogP contribution is 2.48. The third kappa shape index (κ3) is 3.24. The van der Waals surface area contributed by atoms with Crippen LogP contribution in [0.2, 0.25) is 0 Å². The first-order valence-corrected chi connectivity index (χ1v) is 11.3. The molecule has 30 heavy (non-hydrogen) atoms. The smallest absolute Gasteiger partial charge is 0.269 e. The van der Waals surface area contributed by atoms with E-state index in [4.69, 9.17) is 4.84 Å². The van der Waals surface area contributed by atoms with Crippen molar-refractivity contribution in [3.8, 4) is 0 Å². The summed E-state index contributed by atoms with van der Waals surface area (Å²) in [5.74, 6) is 0.867. The van der Waals surface area contributed by atoms with Crippen LogP contribution in [0, 0.1) is 0 Å². The van der Waals surface area contributed by atoms with E-state index >= 15 is 0 Å². The maximum atomic E-state index is 13.1. The van der Waals surface area contributed by atoms with E-state index in [9.17, 15) is 9.59 Å². The van der Waals surface area contributed by atoms with E-state index in [2.05, 4.69) is 36.4 Å². The molecule has 0 saturated heterocycles. The van der Waals surface area contributed by atoms with E-state index in [0.29, 0.717) is 11.7 Å². The second-order valence-electron chi connectivity index (χ2n) is 8.03. The number of carbonyl (C=O) groups is 1. The van der Waals surface area contributed by atoms with Gasteiger partial charge in [0.15, 0.2) is 0 Å². The second kappa shape index (κ2) is 7.60. The first kappa shape index (κ1) is 19.4. The Morgan fingerprint density at radius 3 is 2.70 bits per heavy atom. The molecule has 1 unspecified atom stereocenters. The Morgan fingerprint density at radius 1 is 1.17 bits per heavy atom. The number of rotatable bonds is 5. The summed E-state index contributed by atoms with van der Waals surface area (Å²) >= 11 is 1.63. The second-order valence-corrected chi connectivity index (χ2v) is 9.04. The summed E-state index contributed by atoms with van der Waals surface area (Å²) in [5, 5.41) is 4.63. The third-order valence-electron chi connectivity index (χ3n) is 6.14. The molecule has 2 heterocycles. The Kier molecular flexibility index (Phi) is 4.91. The Bertz CT molecular complexity index is 1190. The van der Waals surface area contributed by atoms with Gasteiger partial charge in [0.05, 0.1) is 12.1 Å². The van der Waals surface area contributed by atoms with Gasteiger partial charge in [-0.15, -0.1) is 11.8 Å². The normalized spacial score (nSPS) is 17.9. The number of carbonyl (C=O) groups excluding carboxylic acids is 1. The molecule has 5 rings (SSSR count). The molecule has 1 aromatic heterocycles. The topological polar surface area (TPSA) is 51.5 Å². The quantitative estimate of drug-likeness (QED) is 0.582. The maximum Gasteiger partial charge on any atom is 0.269 e. The number of hydrogen-bond donors (Lipinski definition) is 0. The van der Waals surface area contributed by atoms with Crippen molar-refractivity contribution in [3.05, 3.63) is 75.6 Å². The number of thioether (sulfide) groups is 1. The zero-order valence-electron chi connectivity index (χ0n) is 17.1. The Morgan fingerprint density at radius 2 is 1.93 bits per heavy atom. The van der Waals surface area contributed by atoms with Crippen LogP contribution in [0.4, 0.5) is 0 Å². The van der Waals surface area contributed by atoms with E-state index in [0.717, 1.165) is 29.9 Å². The molecule has 0 radical (unpaired) electrons. The largest absolute Gasteiger partial charge is 0.289 e. The molecule has 1 aliphatic carbocycles. The number of benzene rings is 2. The predicted molar refractivity (Wildman–Crippen MR) is 119 cm³/mol. The zero-order chi connectivity index (χ0) is 20.8. The van der Waals surface area contributed by atoms with Gasteiger partial charge in [-0.2, -0.15) is 0 Å². The van der Waals surface area contributed by atoms with Gasteiger partial charge in [0.25, 0.3) is 11.5 Å². The average molecular weight is 421 g/mol. The van der Waals surface area contributed by atoms with E-state index in [1.54, 1.807) is 29.4 Å². The fourth-order valence-corrected chi connectivity index (χ4v) is 5.84. The third-order valence-corrected chi connectivity index (χ3v) is 7.31. The molecule has 0 bridgehead atoms. The lowest BCUT2D eigenvalue weighted by atomic mass is 9.95. The number of hydroxylamine groups is 2. The van der Waals surface area contributed by atoms with Gasteiger partial charge in [-0.25, -0.2) is 5.06 Å². The Hall–Kier alpha value is -2.57. The van der Waals surface area contributed by atoms with Crippen molar-refractivity contribution in [2.45, 2.75) is 36.2 Å². The van der Waals surface area contributed by atoms with Crippen LogP contribution in [0.25, 0.3) is 10.8 Å². The van der Waals surface area contributed by atoms with Gasteiger partial charge in [-0.1, -0.05) is 42.5 Å². The van der Waals surface area contributed by atoms with Crippen molar-refractivity contribution in [1.29, 1.82) is 0 Å². The minimum Gasteiger partial charge on any atom is -0.289 e. The highest BCUT2D eigenvalue weighted by molar-refractivity contribution is 7.99. The molecule has 3 aromatic rings. The van der Waals surface area contributed by atoms with Crippen LogP contribution in [-0.2, 0) is 16.1 Å². The number of likely N-dealkylation sites (N-methyl/N-ethyl adjacent to an activating group) is 1. The molecule has 6 heteroatoms. The van der Waals surface area contributed by atoms with Gasteiger partial charge < -0.3 is 0 Å². The minimum atomic E-state index is -0.508. The summed E-state index contributed by atoms with van der Waals surface area (Å²) in [5.41, 5.74) is 3.50. The number of nitrogens with zero attached hydrogens (tertiary/aromatic N) is 2. The van der Waals surface area contributed by atoms with Crippen LogP contribution < -0.4 is 5.56 Å². The Labute approximate surface area is 179 Å². The lowest BCUT2D eigenvalue weighted by Gasteiger charge is -2.21. The van der Waals surface area contributed by atoms with Gasteiger partial charge in [-0.3, -0.25) is 19.0 Å². The molecule has 2 aromatic carbocycles. The molecule has 154 valence electrons. The van der Waals surface area contributed by atoms with Crippen molar-refractivity contribution in [2.75, 3.05) is 19.9 Å². The predicted octanol–water partition coefficient (Wildman–Crippen LogP) is 4.14. The monoisotopic (exact) mass is 420 g/mol. The standard InChI is InChI=1S/C24H24N2O3S/c1-25(29-2)23(28)20-14-30-24-22(16-10-11-16)18(13-21(27)26(20)24)12-17-8-5-7-15-6-3-4-9-19(15)17/h3-9,13,16,20H,10-12,14H2,1-2H3. The number of amides is 1. The number of hydrogen-bond acceptors (Lipinski definition) is 4. The van der Waals surface area contributed by atoms with E-state index in [-0.39, 0.29) is 11.5 Å². The first-order valence-electron chi connectivity index (χ1n) is 10.3. The molecule has 0 spiro atoms. The van der Waals surface area contributed by atoms with Crippen LogP contribution >= 0.6 is 11.8 Å². The van der Waals surface area contributed by atoms with E-state index < -0.39 is 6.04 Å². The molecule has 1 saturated carbocycles. The fraction of sp³-hybridized carbons (Fsp3) is 0.333. The molecular weight excluding hydrogens is 396 g/mol. The summed E-state index contributed by atoms with van der Waals surface area (Å²) in [6, 6.07) is 16.0. The highest BCUT2D eigenvalue weighted by atomic mass is 32.2. The lowest BCUT2D eigenvalue weighted by Crippen LogP contribution is -2.37. The molecule has 0 N–H and O–H groups in total. The molecule has 1 aliphatic heterocycles. The molecule has 2 aliphatic rings. The molecule has 1 fully saturated rings. The molecular formula is C24H24N2O3S. The van der Waals surface area contributed by atoms with Crippen molar-refractivity contribution < 1.29 is 9.63 Å². The SMILES string of the molecule is CON(C)C(=O)C1CSc2c(C3CC3)c(Cc3cccc4ccccc34)cc(=O)n21. The van der Waals surface area contributed by atoms with E-state index in [1.165, 1.54) is 34.1 Å². The summed E-state index contributed by atoms with van der Waals surface area (Å²) in [6.07, 6.45) is 3.02.